The fourth-order valence-corrected chi connectivity index (χ4v) is 3.05. The highest BCUT2D eigenvalue weighted by atomic mass is 79.9. The summed E-state index contributed by atoms with van der Waals surface area (Å²) in [5.41, 5.74) is -0.277. The standard InChI is InChI=1S/C11H9BrF3NO2/c12-7-5-16-9(11(13,14)15)8-6(7)1-2-10(8)17-3-4-18-10/h5H,1-4H2. The highest BCUT2D eigenvalue weighted by Gasteiger charge is 2.51. The van der Waals surface area contributed by atoms with E-state index in [-0.39, 0.29) is 5.56 Å². The van der Waals surface area contributed by atoms with Crippen molar-refractivity contribution >= 4 is 15.9 Å². The molecule has 18 heavy (non-hydrogen) atoms. The van der Waals surface area contributed by atoms with E-state index in [0.29, 0.717) is 36.1 Å². The van der Waals surface area contributed by atoms with E-state index in [0.717, 1.165) is 0 Å². The lowest BCUT2D eigenvalue weighted by molar-refractivity contribution is -0.177. The highest BCUT2D eigenvalue weighted by Crippen LogP contribution is 2.49. The molecule has 3 rings (SSSR count). The van der Waals surface area contributed by atoms with Crippen molar-refractivity contribution in [2.24, 2.45) is 0 Å². The number of hydrogen-bond acceptors (Lipinski definition) is 3. The third-order valence-corrected chi connectivity index (χ3v) is 3.92. The van der Waals surface area contributed by atoms with Crippen LogP contribution in [0.3, 0.4) is 0 Å². The van der Waals surface area contributed by atoms with Crippen molar-refractivity contribution in [3.63, 3.8) is 0 Å². The fraction of sp³-hybridized carbons (Fsp3) is 0.545. The molecule has 98 valence electrons. The Bertz CT molecular complexity index is 498. The zero-order chi connectivity index (χ0) is 13.0. The van der Waals surface area contributed by atoms with E-state index < -0.39 is 17.7 Å². The minimum atomic E-state index is -4.50. The Hall–Kier alpha value is -0.660. The van der Waals surface area contributed by atoms with Gasteiger partial charge in [-0.1, -0.05) is 0 Å². The van der Waals surface area contributed by atoms with Gasteiger partial charge in [-0.2, -0.15) is 13.2 Å². The van der Waals surface area contributed by atoms with Gasteiger partial charge in [-0.25, -0.2) is 0 Å². The zero-order valence-corrected chi connectivity index (χ0v) is 10.8. The van der Waals surface area contributed by atoms with Crippen molar-refractivity contribution in [3.8, 4) is 0 Å². The topological polar surface area (TPSA) is 31.4 Å². The van der Waals surface area contributed by atoms with Crippen LogP contribution in [0.15, 0.2) is 10.7 Å². The largest absolute Gasteiger partial charge is 0.433 e. The molecule has 0 saturated carbocycles. The van der Waals surface area contributed by atoms with E-state index in [1.807, 2.05) is 0 Å². The molecule has 0 bridgehead atoms. The number of alkyl halides is 3. The number of pyridine rings is 1. The lowest BCUT2D eigenvalue weighted by Gasteiger charge is -2.25. The number of fused-ring (bicyclic) bond motifs is 2. The Kier molecular flexibility index (Phi) is 2.69. The maximum atomic E-state index is 13.0. The van der Waals surface area contributed by atoms with Gasteiger partial charge < -0.3 is 9.47 Å². The molecule has 0 unspecified atom stereocenters. The van der Waals surface area contributed by atoms with Gasteiger partial charge in [0, 0.05) is 22.7 Å². The van der Waals surface area contributed by atoms with Crippen molar-refractivity contribution in [2.45, 2.75) is 24.8 Å². The highest BCUT2D eigenvalue weighted by molar-refractivity contribution is 9.10. The Morgan fingerprint density at radius 2 is 1.94 bits per heavy atom. The molecular formula is C11H9BrF3NO2. The number of aromatic nitrogens is 1. The first kappa shape index (κ1) is 12.4. The molecule has 0 atom stereocenters. The predicted octanol–water partition coefficient (Wildman–Crippen LogP) is 3.01. The Morgan fingerprint density at radius 3 is 2.56 bits per heavy atom. The molecule has 1 saturated heterocycles. The molecule has 2 aliphatic rings. The van der Waals surface area contributed by atoms with E-state index in [1.54, 1.807) is 0 Å². The van der Waals surface area contributed by atoms with Crippen LogP contribution in [-0.4, -0.2) is 18.2 Å². The van der Waals surface area contributed by atoms with Crippen molar-refractivity contribution < 1.29 is 22.6 Å². The summed E-state index contributed by atoms with van der Waals surface area (Å²) in [5.74, 6) is -1.25. The van der Waals surface area contributed by atoms with Crippen molar-refractivity contribution in [2.75, 3.05) is 13.2 Å². The summed E-state index contributed by atoms with van der Waals surface area (Å²) in [6.45, 7) is 0.618. The molecule has 3 nitrogen and oxygen atoms in total. The molecule has 1 aromatic heterocycles. The summed E-state index contributed by atoms with van der Waals surface area (Å²) in [5, 5.41) is 0. The van der Waals surface area contributed by atoms with E-state index in [2.05, 4.69) is 20.9 Å². The summed E-state index contributed by atoms with van der Waals surface area (Å²) in [4.78, 5) is 3.51. The van der Waals surface area contributed by atoms with Crippen LogP contribution >= 0.6 is 15.9 Å². The molecule has 0 amide bonds. The van der Waals surface area contributed by atoms with E-state index >= 15 is 0 Å². The summed E-state index contributed by atoms with van der Waals surface area (Å²) in [6, 6.07) is 0. The Balaban J connectivity index is 2.23. The van der Waals surface area contributed by atoms with E-state index in [9.17, 15) is 13.2 Å². The quantitative estimate of drug-likeness (QED) is 0.735. The first-order valence-electron chi connectivity index (χ1n) is 5.47. The van der Waals surface area contributed by atoms with Crippen molar-refractivity contribution in [1.82, 2.24) is 4.98 Å². The lowest BCUT2D eigenvalue weighted by atomic mass is 10.0. The van der Waals surface area contributed by atoms with Crippen LogP contribution < -0.4 is 0 Å². The van der Waals surface area contributed by atoms with E-state index in [4.69, 9.17) is 9.47 Å². The van der Waals surface area contributed by atoms with Gasteiger partial charge in [0.1, 0.15) is 0 Å². The Labute approximate surface area is 109 Å². The average molecular weight is 324 g/mol. The number of halogens is 4. The van der Waals surface area contributed by atoms with Crippen LogP contribution in [-0.2, 0) is 27.9 Å². The minimum Gasteiger partial charge on any atom is -0.343 e. The summed E-state index contributed by atoms with van der Waals surface area (Å²) >= 11 is 3.24. The first-order chi connectivity index (χ1) is 8.44. The van der Waals surface area contributed by atoms with Gasteiger partial charge in [0.05, 0.1) is 13.2 Å². The van der Waals surface area contributed by atoms with Crippen molar-refractivity contribution in [1.29, 1.82) is 0 Å². The molecule has 0 radical (unpaired) electrons. The summed E-state index contributed by atoms with van der Waals surface area (Å²) < 4.78 is 50.5. The molecule has 0 N–H and O–H groups in total. The summed E-state index contributed by atoms with van der Waals surface area (Å²) in [7, 11) is 0. The smallest absolute Gasteiger partial charge is 0.343 e. The summed E-state index contributed by atoms with van der Waals surface area (Å²) in [6.07, 6.45) is -2.43. The first-order valence-corrected chi connectivity index (χ1v) is 6.26. The molecule has 1 aliphatic carbocycles. The minimum absolute atomic E-state index is 0.0434. The van der Waals surface area contributed by atoms with Crippen LogP contribution in [0.2, 0.25) is 0 Å². The van der Waals surface area contributed by atoms with Gasteiger partial charge in [0.15, 0.2) is 11.5 Å². The third-order valence-electron chi connectivity index (χ3n) is 3.24. The molecule has 1 spiro atoms. The van der Waals surface area contributed by atoms with Gasteiger partial charge in [-0.3, -0.25) is 4.98 Å². The number of nitrogens with zero attached hydrogens (tertiary/aromatic N) is 1. The second-order valence-corrected chi connectivity index (χ2v) is 5.11. The zero-order valence-electron chi connectivity index (χ0n) is 9.18. The molecule has 1 aromatic rings. The number of ether oxygens (including phenoxy) is 2. The second kappa shape index (κ2) is 3.91. The molecule has 0 aromatic carbocycles. The maximum Gasteiger partial charge on any atom is 0.433 e. The average Bonchev–Trinajstić information content (AvgIpc) is 2.88. The van der Waals surface area contributed by atoms with Crippen LogP contribution in [0.25, 0.3) is 0 Å². The molecule has 1 fully saturated rings. The van der Waals surface area contributed by atoms with Crippen LogP contribution in [0, 0.1) is 0 Å². The monoisotopic (exact) mass is 323 g/mol. The second-order valence-electron chi connectivity index (χ2n) is 4.26. The molecular weight excluding hydrogens is 315 g/mol. The van der Waals surface area contributed by atoms with Gasteiger partial charge in [-0.15, -0.1) is 0 Å². The van der Waals surface area contributed by atoms with Crippen LogP contribution in [0.4, 0.5) is 13.2 Å². The normalized spacial score (nSPS) is 21.6. The SMILES string of the molecule is FC(F)(F)c1ncc(Br)c2c1C1(CC2)OCCO1. The van der Waals surface area contributed by atoms with E-state index in [1.165, 1.54) is 6.20 Å². The lowest BCUT2D eigenvalue weighted by Crippen LogP contribution is -2.28. The van der Waals surface area contributed by atoms with Gasteiger partial charge in [0.2, 0.25) is 0 Å². The maximum absolute atomic E-state index is 13.0. The number of rotatable bonds is 0. The van der Waals surface area contributed by atoms with Gasteiger partial charge in [-0.05, 0) is 27.9 Å². The molecule has 7 heteroatoms. The predicted molar refractivity (Wildman–Crippen MR) is 58.8 cm³/mol. The van der Waals surface area contributed by atoms with Gasteiger partial charge in [0.25, 0.3) is 0 Å². The number of hydrogen-bond donors (Lipinski definition) is 0. The van der Waals surface area contributed by atoms with Crippen LogP contribution in [0.1, 0.15) is 23.2 Å². The van der Waals surface area contributed by atoms with Crippen molar-refractivity contribution in [3.05, 3.63) is 27.5 Å². The third kappa shape index (κ3) is 1.68. The molecule has 2 heterocycles. The Morgan fingerprint density at radius 1 is 1.28 bits per heavy atom. The van der Waals surface area contributed by atoms with Crippen LogP contribution in [0.5, 0.6) is 0 Å². The fourth-order valence-electron chi connectivity index (χ4n) is 2.55. The van der Waals surface area contributed by atoms with Gasteiger partial charge >= 0.3 is 6.18 Å². The molecule has 1 aliphatic heterocycles.